The van der Waals surface area contributed by atoms with E-state index in [9.17, 15) is 4.79 Å². The summed E-state index contributed by atoms with van der Waals surface area (Å²) in [6.07, 6.45) is 3.09. The largest absolute Gasteiger partial charge is 0.444 e. The summed E-state index contributed by atoms with van der Waals surface area (Å²) >= 11 is 0. The van der Waals surface area contributed by atoms with E-state index in [2.05, 4.69) is 24.5 Å². The Morgan fingerprint density at radius 3 is 2.16 bits per heavy atom. The van der Waals surface area contributed by atoms with Crippen LogP contribution >= 0.6 is 0 Å². The summed E-state index contributed by atoms with van der Waals surface area (Å²) in [6, 6.07) is 0.518. The van der Waals surface area contributed by atoms with Crippen molar-refractivity contribution in [2.24, 2.45) is 0 Å². The molecule has 0 saturated carbocycles. The molecule has 0 fully saturated rings. The molecule has 0 aliphatic carbocycles. The first kappa shape index (κ1) is 18.2. The fraction of sp³-hybridized carbons (Fsp3) is 0.933. The van der Waals surface area contributed by atoms with Crippen molar-refractivity contribution in [1.82, 2.24) is 10.6 Å². The summed E-state index contributed by atoms with van der Waals surface area (Å²) in [5, 5.41) is 6.42. The molecular formula is C15H32N2O2. The fourth-order valence-corrected chi connectivity index (χ4v) is 1.82. The van der Waals surface area contributed by atoms with Crippen LogP contribution in [0.15, 0.2) is 0 Å². The third kappa shape index (κ3) is 9.77. The topological polar surface area (TPSA) is 50.4 Å². The normalized spacial score (nSPS) is 14.1. The summed E-state index contributed by atoms with van der Waals surface area (Å²) in [5.74, 6) is 0. The van der Waals surface area contributed by atoms with Crippen molar-refractivity contribution < 1.29 is 9.53 Å². The first-order valence-corrected chi connectivity index (χ1v) is 7.34. The maximum Gasteiger partial charge on any atom is 0.408 e. The molecule has 4 nitrogen and oxygen atoms in total. The molecule has 2 N–H and O–H groups in total. The van der Waals surface area contributed by atoms with Crippen molar-refractivity contribution >= 4 is 6.09 Å². The predicted molar refractivity (Wildman–Crippen MR) is 80.4 cm³/mol. The molecular weight excluding hydrogens is 240 g/mol. The van der Waals surface area contributed by atoms with Gasteiger partial charge in [0.1, 0.15) is 5.60 Å². The number of hydrogen-bond acceptors (Lipinski definition) is 3. The van der Waals surface area contributed by atoms with E-state index < -0.39 is 5.60 Å². The van der Waals surface area contributed by atoms with Crippen LogP contribution in [0.3, 0.4) is 0 Å². The molecule has 0 radical (unpaired) electrons. The maximum atomic E-state index is 11.8. The van der Waals surface area contributed by atoms with Gasteiger partial charge in [-0.3, -0.25) is 0 Å². The van der Waals surface area contributed by atoms with Crippen LogP contribution in [-0.4, -0.2) is 29.8 Å². The highest BCUT2D eigenvalue weighted by atomic mass is 16.6. The van der Waals surface area contributed by atoms with E-state index in [1.54, 1.807) is 0 Å². The smallest absolute Gasteiger partial charge is 0.408 e. The fourth-order valence-electron chi connectivity index (χ4n) is 1.82. The molecule has 114 valence electrons. The SMILES string of the molecule is CCCC(CC)NCC(C)(C)NC(=O)OC(C)(C)C. The van der Waals surface area contributed by atoms with Gasteiger partial charge in [-0.2, -0.15) is 0 Å². The van der Waals surface area contributed by atoms with Crippen molar-refractivity contribution in [3.63, 3.8) is 0 Å². The number of carbonyl (C=O) groups is 1. The van der Waals surface area contributed by atoms with Crippen molar-refractivity contribution in [1.29, 1.82) is 0 Å². The van der Waals surface area contributed by atoms with Crippen LogP contribution in [0.2, 0.25) is 0 Å². The standard InChI is InChI=1S/C15H32N2O2/c1-8-10-12(9-2)16-11-15(6,7)17-13(18)19-14(3,4)5/h12,16H,8-11H2,1-7H3,(H,17,18). The second kappa shape index (κ2) is 7.73. The second-order valence-electron chi connectivity index (χ2n) is 6.79. The summed E-state index contributed by atoms with van der Waals surface area (Å²) in [7, 11) is 0. The minimum absolute atomic E-state index is 0.316. The summed E-state index contributed by atoms with van der Waals surface area (Å²) in [6.45, 7) is 14.7. The van der Waals surface area contributed by atoms with Gasteiger partial charge in [-0.1, -0.05) is 20.3 Å². The average Bonchev–Trinajstić information content (AvgIpc) is 2.20. The molecule has 4 heteroatoms. The molecule has 1 amide bonds. The highest BCUT2D eigenvalue weighted by Crippen LogP contribution is 2.10. The van der Waals surface area contributed by atoms with Crippen LogP contribution in [-0.2, 0) is 4.74 Å². The first-order chi connectivity index (χ1) is 8.59. The van der Waals surface area contributed by atoms with E-state index in [1.165, 1.54) is 12.8 Å². The van der Waals surface area contributed by atoms with Gasteiger partial charge in [-0.05, 0) is 47.5 Å². The van der Waals surface area contributed by atoms with Gasteiger partial charge in [-0.15, -0.1) is 0 Å². The molecule has 0 aromatic heterocycles. The van der Waals surface area contributed by atoms with Gasteiger partial charge in [0.25, 0.3) is 0 Å². The number of hydrogen-bond donors (Lipinski definition) is 2. The molecule has 0 aliphatic heterocycles. The van der Waals surface area contributed by atoms with E-state index in [0.717, 1.165) is 13.0 Å². The van der Waals surface area contributed by atoms with Crippen molar-refractivity contribution in [2.45, 2.75) is 84.9 Å². The number of nitrogens with one attached hydrogen (secondary N) is 2. The maximum absolute atomic E-state index is 11.8. The number of amides is 1. The van der Waals surface area contributed by atoms with Gasteiger partial charge in [-0.25, -0.2) is 4.79 Å². The molecule has 0 saturated heterocycles. The molecule has 1 unspecified atom stereocenters. The molecule has 0 spiro atoms. The average molecular weight is 272 g/mol. The molecule has 0 rings (SSSR count). The molecule has 0 aromatic carbocycles. The van der Waals surface area contributed by atoms with Crippen LogP contribution in [0.25, 0.3) is 0 Å². The summed E-state index contributed by atoms with van der Waals surface area (Å²) in [4.78, 5) is 11.8. The lowest BCUT2D eigenvalue weighted by Crippen LogP contribution is -2.53. The van der Waals surface area contributed by atoms with Gasteiger partial charge in [0.2, 0.25) is 0 Å². The summed E-state index contributed by atoms with van der Waals surface area (Å²) < 4.78 is 5.28. The van der Waals surface area contributed by atoms with Crippen LogP contribution in [0, 0.1) is 0 Å². The zero-order chi connectivity index (χ0) is 15.1. The molecule has 0 bridgehead atoms. The van der Waals surface area contributed by atoms with Crippen molar-refractivity contribution in [3.05, 3.63) is 0 Å². The third-order valence-electron chi connectivity index (χ3n) is 2.80. The molecule has 1 atom stereocenters. The highest BCUT2D eigenvalue weighted by Gasteiger charge is 2.24. The lowest BCUT2D eigenvalue weighted by Gasteiger charge is -2.30. The second-order valence-corrected chi connectivity index (χ2v) is 6.79. The van der Waals surface area contributed by atoms with E-state index in [-0.39, 0.29) is 11.6 Å². The lowest BCUT2D eigenvalue weighted by atomic mass is 10.0. The van der Waals surface area contributed by atoms with Gasteiger partial charge < -0.3 is 15.4 Å². The third-order valence-corrected chi connectivity index (χ3v) is 2.80. The quantitative estimate of drug-likeness (QED) is 0.746. The molecule has 0 aromatic rings. The Balaban J connectivity index is 4.20. The van der Waals surface area contributed by atoms with Gasteiger partial charge in [0.05, 0.1) is 5.54 Å². The summed E-state index contributed by atoms with van der Waals surface area (Å²) in [5.41, 5.74) is -0.773. The monoisotopic (exact) mass is 272 g/mol. The van der Waals surface area contributed by atoms with Gasteiger partial charge in [0.15, 0.2) is 0 Å². The Morgan fingerprint density at radius 1 is 1.16 bits per heavy atom. The Labute approximate surface area is 118 Å². The van der Waals surface area contributed by atoms with Crippen molar-refractivity contribution in [2.75, 3.05) is 6.54 Å². The number of ether oxygens (including phenoxy) is 1. The van der Waals surface area contributed by atoms with Crippen LogP contribution < -0.4 is 10.6 Å². The Bertz CT molecular complexity index is 270. The van der Waals surface area contributed by atoms with Crippen LogP contribution in [0.1, 0.15) is 67.7 Å². The number of rotatable bonds is 7. The number of alkyl carbamates (subject to hydrolysis) is 1. The van der Waals surface area contributed by atoms with Gasteiger partial charge in [0, 0.05) is 12.6 Å². The van der Waals surface area contributed by atoms with Crippen molar-refractivity contribution in [3.8, 4) is 0 Å². The lowest BCUT2D eigenvalue weighted by molar-refractivity contribution is 0.0470. The van der Waals surface area contributed by atoms with E-state index in [0.29, 0.717) is 6.04 Å². The Kier molecular flexibility index (Phi) is 7.42. The molecule has 19 heavy (non-hydrogen) atoms. The van der Waals surface area contributed by atoms with E-state index >= 15 is 0 Å². The predicted octanol–water partition coefficient (Wildman–Crippen LogP) is 3.46. The molecule has 0 aliphatic rings. The minimum atomic E-state index is -0.457. The molecule has 0 heterocycles. The van der Waals surface area contributed by atoms with E-state index in [1.807, 2.05) is 34.6 Å². The van der Waals surface area contributed by atoms with Gasteiger partial charge >= 0.3 is 6.09 Å². The zero-order valence-corrected chi connectivity index (χ0v) is 13.7. The zero-order valence-electron chi connectivity index (χ0n) is 13.7. The highest BCUT2D eigenvalue weighted by molar-refractivity contribution is 5.68. The van der Waals surface area contributed by atoms with E-state index in [4.69, 9.17) is 4.74 Å². The number of carbonyl (C=O) groups excluding carboxylic acids is 1. The van der Waals surface area contributed by atoms with Crippen LogP contribution in [0.4, 0.5) is 4.79 Å². The Hall–Kier alpha value is -0.770. The minimum Gasteiger partial charge on any atom is -0.444 e. The van der Waals surface area contributed by atoms with Crippen LogP contribution in [0.5, 0.6) is 0 Å². The first-order valence-electron chi connectivity index (χ1n) is 7.34. The Morgan fingerprint density at radius 2 is 1.74 bits per heavy atom.